The predicted octanol–water partition coefficient (Wildman–Crippen LogP) is 2.56. The Balaban J connectivity index is 1.69. The fraction of sp³-hybridized carbons (Fsp3) is 0.438. The lowest BCUT2D eigenvalue weighted by Crippen LogP contribution is -2.51. The molecule has 2 aromatic rings. The number of hydrogen-bond acceptors (Lipinski definition) is 2. The highest BCUT2D eigenvalue weighted by molar-refractivity contribution is 6.06. The predicted molar refractivity (Wildman–Crippen MR) is 76.7 cm³/mol. The molecule has 4 heteroatoms. The van der Waals surface area contributed by atoms with Gasteiger partial charge >= 0.3 is 0 Å². The molecule has 1 N–H and O–H groups in total. The second kappa shape index (κ2) is 4.63. The molecule has 1 amide bonds. The van der Waals surface area contributed by atoms with E-state index in [2.05, 4.69) is 4.98 Å². The number of nitrogens with one attached hydrogen (secondary N) is 1. The smallest absolute Gasteiger partial charge is 0.256 e. The molecule has 1 aliphatic heterocycles. The number of morpholine rings is 1. The molecular formula is C16H18N2O2. The van der Waals surface area contributed by atoms with Crippen molar-refractivity contribution in [1.82, 2.24) is 9.88 Å². The highest BCUT2D eigenvalue weighted by Crippen LogP contribution is 2.31. The number of fused-ring (bicyclic) bond motifs is 2. The van der Waals surface area contributed by atoms with Crippen LogP contribution in [0.4, 0.5) is 0 Å². The number of carbonyl (C=O) groups excluding carboxylic acids is 1. The summed E-state index contributed by atoms with van der Waals surface area (Å²) >= 11 is 0. The number of H-pyrrole nitrogens is 1. The van der Waals surface area contributed by atoms with Crippen molar-refractivity contribution in [1.29, 1.82) is 0 Å². The van der Waals surface area contributed by atoms with E-state index in [0.29, 0.717) is 13.2 Å². The minimum atomic E-state index is 0.141. The van der Waals surface area contributed by atoms with Gasteiger partial charge < -0.3 is 14.6 Å². The topological polar surface area (TPSA) is 45.3 Å². The molecule has 1 saturated heterocycles. The fourth-order valence-corrected chi connectivity index (χ4v) is 3.58. The van der Waals surface area contributed by atoms with Gasteiger partial charge in [-0.05, 0) is 25.3 Å². The van der Waals surface area contributed by atoms with Crippen molar-refractivity contribution in [2.75, 3.05) is 13.2 Å². The minimum absolute atomic E-state index is 0.141. The van der Waals surface area contributed by atoms with Crippen LogP contribution < -0.4 is 0 Å². The number of ether oxygens (including phenoxy) is 1. The van der Waals surface area contributed by atoms with Crippen LogP contribution in [0.3, 0.4) is 0 Å². The van der Waals surface area contributed by atoms with E-state index >= 15 is 0 Å². The van der Waals surface area contributed by atoms with Crippen LogP contribution in [0, 0.1) is 0 Å². The van der Waals surface area contributed by atoms with Gasteiger partial charge in [-0.2, -0.15) is 0 Å². The van der Waals surface area contributed by atoms with Crippen LogP contribution in [-0.4, -0.2) is 41.1 Å². The minimum Gasteiger partial charge on any atom is -0.374 e. The van der Waals surface area contributed by atoms with E-state index in [1.165, 1.54) is 0 Å². The van der Waals surface area contributed by atoms with Crippen LogP contribution >= 0.6 is 0 Å². The van der Waals surface area contributed by atoms with Crippen molar-refractivity contribution in [3.05, 3.63) is 36.0 Å². The van der Waals surface area contributed by atoms with Gasteiger partial charge in [-0.15, -0.1) is 0 Å². The standard InChI is InChI=1S/C16H18N2O2/c19-16(12-10-17-13-5-2-1-4-11(12)13)18-8-9-20-15-7-3-6-14(15)18/h1-2,4-5,10,14-15,17H,3,6-9H2. The van der Waals surface area contributed by atoms with Crippen molar-refractivity contribution >= 4 is 16.8 Å². The SMILES string of the molecule is O=C(c1c[nH]c2ccccc12)N1CCOC2CCCC21. The zero-order chi connectivity index (χ0) is 13.5. The van der Waals surface area contributed by atoms with E-state index < -0.39 is 0 Å². The third kappa shape index (κ3) is 1.75. The highest BCUT2D eigenvalue weighted by Gasteiger charge is 2.39. The number of amides is 1. The summed E-state index contributed by atoms with van der Waals surface area (Å²) < 4.78 is 5.79. The quantitative estimate of drug-likeness (QED) is 0.865. The first-order chi connectivity index (χ1) is 9.84. The summed E-state index contributed by atoms with van der Waals surface area (Å²) in [6.07, 6.45) is 5.40. The van der Waals surface area contributed by atoms with E-state index in [4.69, 9.17) is 4.74 Å². The first kappa shape index (κ1) is 12.0. The third-order valence-electron chi connectivity index (χ3n) is 4.56. The Labute approximate surface area is 117 Å². The fourth-order valence-electron chi connectivity index (χ4n) is 3.58. The van der Waals surface area contributed by atoms with E-state index in [1.807, 2.05) is 35.4 Å². The molecule has 104 valence electrons. The Morgan fingerprint density at radius 3 is 3.15 bits per heavy atom. The summed E-state index contributed by atoms with van der Waals surface area (Å²) in [6, 6.07) is 8.24. The van der Waals surface area contributed by atoms with Crippen LogP contribution in [0.2, 0.25) is 0 Å². The highest BCUT2D eigenvalue weighted by atomic mass is 16.5. The first-order valence-corrected chi connectivity index (χ1v) is 7.33. The maximum absolute atomic E-state index is 12.9. The number of rotatable bonds is 1. The first-order valence-electron chi connectivity index (χ1n) is 7.33. The molecule has 0 bridgehead atoms. The number of para-hydroxylation sites is 1. The summed E-state index contributed by atoms with van der Waals surface area (Å²) in [5.41, 5.74) is 1.81. The molecular weight excluding hydrogens is 252 g/mol. The molecule has 20 heavy (non-hydrogen) atoms. The van der Waals surface area contributed by atoms with Crippen LogP contribution in [0.25, 0.3) is 10.9 Å². The second-order valence-electron chi connectivity index (χ2n) is 5.65. The lowest BCUT2D eigenvalue weighted by molar-refractivity contribution is -0.0444. The van der Waals surface area contributed by atoms with Crippen molar-refractivity contribution in [3.8, 4) is 0 Å². The Morgan fingerprint density at radius 2 is 2.20 bits per heavy atom. The lowest BCUT2D eigenvalue weighted by atomic mass is 10.1. The molecule has 2 fully saturated rings. The van der Waals surface area contributed by atoms with E-state index in [9.17, 15) is 4.79 Å². The maximum atomic E-state index is 12.9. The summed E-state index contributed by atoms with van der Waals surface area (Å²) in [7, 11) is 0. The number of aromatic amines is 1. The summed E-state index contributed by atoms with van der Waals surface area (Å²) in [4.78, 5) is 18.1. The Hall–Kier alpha value is -1.81. The molecule has 2 atom stereocenters. The van der Waals surface area contributed by atoms with Crippen LogP contribution in [0.15, 0.2) is 30.5 Å². The molecule has 4 nitrogen and oxygen atoms in total. The third-order valence-corrected chi connectivity index (χ3v) is 4.56. The van der Waals surface area contributed by atoms with Gasteiger partial charge in [0.15, 0.2) is 0 Å². The molecule has 0 spiro atoms. The number of nitrogens with zero attached hydrogens (tertiary/aromatic N) is 1. The molecule has 1 saturated carbocycles. The van der Waals surface area contributed by atoms with E-state index in [-0.39, 0.29) is 18.1 Å². The molecule has 2 heterocycles. The summed E-state index contributed by atoms with van der Waals surface area (Å²) in [6.45, 7) is 1.37. The normalized spacial score (nSPS) is 25.9. The average molecular weight is 270 g/mol. The second-order valence-corrected chi connectivity index (χ2v) is 5.65. The van der Waals surface area contributed by atoms with Crippen molar-refractivity contribution in [2.24, 2.45) is 0 Å². The van der Waals surface area contributed by atoms with Crippen molar-refractivity contribution in [2.45, 2.75) is 31.4 Å². The van der Waals surface area contributed by atoms with Gasteiger partial charge in [0.1, 0.15) is 0 Å². The molecule has 2 aliphatic rings. The van der Waals surface area contributed by atoms with Crippen LogP contribution in [-0.2, 0) is 4.74 Å². The number of aromatic nitrogens is 1. The van der Waals surface area contributed by atoms with Crippen molar-refractivity contribution < 1.29 is 9.53 Å². The van der Waals surface area contributed by atoms with Gasteiger partial charge in [-0.25, -0.2) is 0 Å². The molecule has 2 unspecified atom stereocenters. The Kier molecular flexibility index (Phi) is 2.77. The molecule has 4 rings (SSSR count). The van der Waals surface area contributed by atoms with Crippen LogP contribution in [0.5, 0.6) is 0 Å². The molecule has 1 aromatic heterocycles. The largest absolute Gasteiger partial charge is 0.374 e. The van der Waals surface area contributed by atoms with Gasteiger partial charge in [0, 0.05) is 23.6 Å². The van der Waals surface area contributed by atoms with Gasteiger partial charge in [-0.1, -0.05) is 18.2 Å². The monoisotopic (exact) mass is 270 g/mol. The number of benzene rings is 1. The molecule has 0 radical (unpaired) electrons. The van der Waals surface area contributed by atoms with E-state index in [1.54, 1.807) is 0 Å². The molecule has 1 aliphatic carbocycles. The van der Waals surface area contributed by atoms with Gasteiger partial charge in [0.05, 0.1) is 24.3 Å². The number of hydrogen-bond donors (Lipinski definition) is 1. The van der Waals surface area contributed by atoms with Gasteiger partial charge in [0.2, 0.25) is 0 Å². The van der Waals surface area contributed by atoms with E-state index in [0.717, 1.165) is 35.7 Å². The summed E-state index contributed by atoms with van der Waals surface area (Å²) in [5, 5.41) is 1.01. The Bertz CT molecular complexity index is 649. The lowest BCUT2D eigenvalue weighted by Gasteiger charge is -2.37. The van der Waals surface area contributed by atoms with Gasteiger partial charge in [0.25, 0.3) is 5.91 Å². The maximum Gasteiger partial charge on any atom is 0.256 e. The van der Waals surface area contributed by atoms with Gasteiger partial charge in [-0.3, -0.25) is 4.79 Å². The zero-order valence-corrected chi connectivity index (χ0v) is 11.3. The number of carbonyl (C=O) groups is 1. The molecule has 1 aromatic carbocycles. The Morgan fingerprint density at radius 1 is 1.30 bits per heavy atom. The average Bonchev–Trinajstić information content (AvgIpc) is 3.12. The van der Waals surface area contributed by atoms with Crippen LogP contribution in [0.1, 0.15) is 29.6 Å². The zero-order valence-electron chi connectivity index (χ0n) is 11.3. The van der Waals surface area contributed by atoms with Crippen molar-refractivity contribution in [3.63, 3.8) is 0 Å². The summed E-state index contributed by atoms with van der Waals surface area (Å²) in [5.74, 6) is 0.141.